The number of anilines is 2. The number of benzene rings is 2. The first-order valence-electron chi connectivity index (χ1n) is 6.02. The summed E-state index contributed by atoms with van der Waals surface area (Å²) in [5, 5.41) is 2.61. The molecule has 0 saturated heterocycles. The number of nitrogens with two attached hydrogens (primary N) is 1. The van der Waals surface area contributed by atoms with Crippen LogP contribution in [0.2, 0.25) is 0 Å². The maximum atomic E-state index is 11.3. The van der Waals surface area contributed by atoms with Gasteiger partial charge in [0.15, 0.2) is 0 Å². The molecule has 1 amide bonds. The second kappa shape index (κ2) is 5.55. The Morgan fingerprint density at radius 1 is 1.19 bits per heavy atom. The van der Waals surface area contributed by atoms with E-state index in [4.69, 9.17) is 10.3 Å². The fourth-order valence-corrected chi connectivity index (χ4v) is 2.43. The van der Waals surface area contributed by atoms with Crippen molar-refractivity contribution in [1.82, 2.24) is 0 Å². The summed E-state index contributed by atoms with van der Waals surface area (Å²) in [5.41, 5.74) is 7.73. The van der Waals surface area contributed by atoms with Gasteiger partial charge in [0.25, 0.3) is 10.1 Å². The lowest BCUT2D eigenvalue weighted by atomic mass is 10.0. The fourth-order valence-electron chi connectivity index (χ4n) is 1.93. The van der Waals surface area contributed by atoms with Gasteiger partial charge in [-0.15, -0.1) is 0 Å². The number of carbonyl (C=O) groups is 1. The van der Waals surface area contributed by atoms with Crippen LogP contribution in [0.1, 0.15) is 6.92 Å². The van der Waals surface area contributed by atoms with Crippen molar-refractivity contribution < 1.29 is 17.8 Å². The molecule has 0 atom stereocenters. The van der Waals surface area contributed by atoms with Crippen LogP contribution in [0.4, 0.5) is 11.4 Å². The Hall–Kier alpha value is -2.38. The number of nitrogen functional groups attached to an aromatic ring is 1. The van der Waals surface area contributed by atoms with Gasteiger partial charge in [0.1, 0.15) is 0 Å². The van der Waals surface area contributed by atoms with Crippen LogP contribution in [-0.4, -0.2) is 18.9 Å². The van der Waals surface area contributed by atoms with Gasteiger partial charge in [-0.05, 0) is 35.9 Å². The number of hydrogen-bond donors (Lipinski definition) is 3. The maximum Gasteiger partial charge on any atom is 0.294 e. The first-order chi connectivity index (χ1) is 9.77. The fraction of sp³-hybridized carbons (Fsp3) is 0.0714. The summed E-state index contributed by atoms with van der Waals surface area (Å²) in [7, 11) is -4.33. The average Bonchev–Trinajstić information content (AvgIpc) is 2.37. The standard InChI is InChI=1S/C14H14N2O4S/c1-9(17)16-14-6-5-12(21(18,19)20)8-13(14)10-3-2-4-11(15)7-10/h2-8H,15H2,1H3,(H,16,17)(H,18,19,20). The highest BCUT2D eigenvalue weighted by molar-refractivity contribution is 7.85. The second-order valence-corrected chi connectivity index (χ2v) is 5.91. The molecule has 0 radical (unpaired) electrons. The van der Waals surface area contributed by atoms with Crippen LogP contribution in [0.15, 0.2) is 47.4 Å². The van der Waals surface area contributed by atoms with E-state index in [2.05, 4.69) is 5.32 Å². The SMILES string of the molecule is CC(=O)Nc1ccc(S(=O)(=O)O)cc1-c1cccc(N)c1. The molecule has 0 fully saturated rings. The summed E-state index contributed by atoms with van der Waals surface area (Å²) in [6.07, 6.45) is 0. The van der Waals surface area contributed by atoms with Crippen molar-refractivity contribution in [1.29, 1.82) is 0 Å². The van der Waals surface area contributed by atoms with Gasteiger partial charge in [-0.3, -0.25) is 9.35 Å². The molecule has 0 unspecified atom stereocenters. The third-order valence-electron chi connectivity index (χ3n) is 2.80. The molecular formula is C14H14N2O4S. The van der Waals surface area contributed by atoms with Gasteiger partial charge in [0.2, 0.25) is 5.91 Å². The zero-order valence-electron chi connectivity index (χ0n) is 11.2. The quantitative estimate of drug-likeness (QED) is 0.594. The molecule has 6 nitrogen and oxygen atoms in total. The van der Waals surface area contributed by atoms with Crippen LogP contribution < -0.4 is 11.1 Å². The molecular weight excluding hydrogens is 292 g/mol. The number of rotatable bonds is 3. The molecule has 4 N–H and O–H groups in total. The van der Waals surface area contributed by atoms with Gasteiger partial charge in [-0.1, -0.05) is 12.1 Å². The van der Waals surface area contributed by atoms with Crippen molar-refractivity contribution in [2.45, 2.75) is 11.8 Å². The molecule has 7 heteroatoms. The van der Waals surface area contributed by atoms with Crippen LogP contribution in [-0.2, 0) is 14.9 Å². The van der Waals surface area contributed by atoms with E-state index >= 15 is 0 Å². The van der Waals surface area contributed by atoms with Crippen molar-refractivity contribution in [2.75, 3.05) is 11.1 Å². The van der Waals surface area contributed by atoms with Crippen LogP contribution >= 0.6 is 0 Å². The lowest BCUT2D eigenvalue weighted by Crippen LogP contribution is -2.08. The molecule has 0 aliphatic heterocycles. The minimum absolute atomic E-state index is 0.256. The average molecular weight is 306 g/mol. The van der Waals surface area contributed by atoms with E-state index in [9.17, 15) is 13.2 Å². The van der Waals surface area contributed by atoms with Gasteiger partial charge >= 0.3 is 0 Å². The third-order valence-corrected chi connectivity index (χ3v) is 3.65. The molecule has 0 spiro atoms. The van der Waals surface area contributed by atoms with Crippen LogP contribution in [0.25, 0.3) is 11.1 Å². The summed E-state index contributed by atoms with van der Waals surface area (Å²) in [4.78, 5) is 11.0. The van der Waals surface area contributed by atoms with Crippen molar-refractivity contribution >= 4 is 27.4 Å². The summed E-state index contributed by atoms with van der Waals surface area (Å²) in [6, 6.07) is 10.7. The number of carbonyl (C=O) groups excluding carboxylic acids is 1. The lowest BCUT2D eigenvalue weighted by molar-refractivity contribution is -0.114. The third kappa shape index (κ3) is 3.59. The maximum absolute atomic E-state index is 11.3. The highest BCUT2D eigenvalue weighted by Crippen LogP contribution is 2.31. The molecule has 2 aromatic carbocycles. The zero-order chi connectivity index (χ0) is 15.6. The van der Waals surface area contributed by atoms with E-state index < -0.39 is 10.1 Å². The Bertz CT molecular complexity index is 800. The Morgan fingerprint density at radius 2 is 1.90 bits per heavy atom. The molecule has 2 aromatic rings. The van der Waals surface area contributed by atoms with E-state index in [1.54, 1.807) is 24.3 Å². The van der Waals surface area contributed by atoms with Gasteiger partial charge in [-0.2, -0.15) is 8.42 Å². The van der Waals surface area contributed by atoms with Crippen molar-refractivity contribution in [3.63, 3.8) is 0 Å². The van der Waals surface area contributed by atoms with E-state index in [1.807, 2.05) is 0 Å². The molecule has 0 aliphatic rings. The van der Waals surface area contributed by atoms with Gasteiger partial charge in [0, 0.05) is 23.9 Å². The zero-order valence-corrected chi connectivity index (χ0v) is 12.0. The predicted octanol–water partition coefficient (Wildman–Crippen LogP) is 2.14. The Balaban J connectivity index is 2.66. The monoisotopic (exact) mass is 306 g/mol. The minimum Gasteiger partial charge on any atom is -0.399 e. The van der Waals surface area contributed by atoms with Gasteiger partial charge < -0.3 is 11.1 Å². The molecule has 21 heavy (non-hydrogen) atoms. The summed E-state index contributed by atoms with van der Waals surface area (Å²) >= 11 is 0. The van der Waals surface area contributed by atoms with E-state index in [-0.39, 0.29) is 10.8 Å². The van der Waals surface area contributed by atoms with Crippen molar-refractivity contribution in [2.24, 2.45) is 0 Å². The number of amides is 1. The normalized spacial score (nSPS) is 11.1. The van der Waals surface area contributed by atoms with Crippen molar-refractivity contribution in [3.8, 4) is 11.1 Å². The molecule has 0 aromatic heterocycles. The molecule has 2 rings (SSSR count). The van der Waals surface area contributed by atoms with E-state index in [1.165, 1.54) is 25.1 Å². The van der Waals surface area contributed by atoms with Crippen LogP contribution in [0.5, 0.6) is 0 Å². The minimum atomic E-state index is -4.33. The molecule has 0 bridgehead atoms. The van der Waals surface area contributed by atoms with Crippen LogP contribution in [0, 0.1) is 0 Å². The second-order valence-electron chi connectivity index (χ2n) is 4.49. The molecule has 0 saturated carbocycles. The predicted molar refractivity (Wildman–Crippen MR) is 80.4 cm³/mol. The van der Waals surface area contributed by atoms with Gasteiger partial charge in [0.05, 0.1) is 4.90 Å². The summed E-state index contributed by atoms with van der Waals surface area (Å²) in [5.74, 6) is -0.292. The summed E-state index contributed by atoms with van der Waals surface area (Å²) in [6.45, 7) is 1.35. The Kier molecular flexibility index (Phi) is 3.97. The van der Waals surface area contributed by atoms with Gasteiger partial charge in [-0.25, -0.2) is 0 Å². The van der Waals surface area contributed by atoms with Crippen molar-refractivity contribution in [3.05, 3.63) is 42.5 Å². The topological polar surface area (TPSA) is 109 Å². The largest absolute Gasteiger partial charge is 0.399 e. The highest BCUT2D eigenvalue weighted by Gasteiger charge is 2.14. The number of hydrogen-bond acceptors (Lipinski definition) is 4. The molecule has 0 aliphatic carbocycles. The summed E-state index contributed by atoms with van der Waals surface area (Å²) < 4.78 is 31.7. The molecule has 110 valence electrons. The first-order valence-corrected chi connectivity index (χ1v) is 7.46. The van der Waals surface area contributed by atoms with E-state index in [0.29, 0.717) is 22.5 Å². The Morgan fingerprint density at radius 3 is 2.48 bits per heavy atom. The van der Waals surface area contributed by atoms with E-state index in [0.717, 1.165) is 0 Å². The molecule has 0 heterocycles. The smallest absolute Gasteiger partial charge is 0.294 e. The lowest BCUT2D eigenvalue weighted by Gasteiger charge is -2.12. The van der Waals surface area contributed by atoms with Crippen LogP contribution in [0.3, 0.4) is 0 Å². The Labute approximate surface area is 122 Å². The first kappa shape index (κ1) is 15.0. The highest BCUT2D eigenvalue weighted by atomic mass is 32.2. The number of nitrogens with one attached hydrogen (secondary N) is 1.